The van der Waals surface area contributed by atoms with Crippen LogP contribution in [0.1, 0.15) is 27.0 Å². The van der Waals surface area contributed by atoms with E-state index in [1.165, 1.54) is 13.2 Å². The van der Waals surface area contributed by atoms with Crippen molar-refractivity contribution < 1.29 is 24.3 Å². The maximum absolute atomic E-state index is 11.3. The minimum Gasteiger partial charge on any atom is -0.478 e. The van der Waals surface area contributed by atoms with Crippen LogP contribution in [0.4, 0.5) is 0 Å². The first kappa shape index (κ1) is 17.9. The maximum atomic E-state index is 11.3. The second-order valence-electron chi connectivity index (χ2n) is 5.03. The van der Waals surface area contributed by atoms with Crippen LogP contribution in [0.2, 0.25) is 0 Å². The number of rotatable bonds is 7. The van der Waals surface area contributed by atoms with Crippen molar-refractivity contribution in [3.05, 3.63) is 76.9 Å². The van der Waals surface area contributed by atoms with Gasteiger partial charge in [0.25, 0.3) is 0 Å². The number of carbonyl (C=O) groups is 2. The summed E-state index contributed by atoms with van der Waals surface area (Å²) in [5.41, 5.74) is 2.96. The summed E-state index contributed by atoms with van der Waals surface area (Å²) in [7, 11) is 1.34. The first-order valence-electron chi connectivity index (χ1n) is 7.42. The summed E-state index contributed by atoms with van der Waals surface area (Å²) in [5.74, 6) is -1.37. The molecule has 0 aliphatic carbocycles. The van der Waals surface area contributed by atoms with Crippen LogP contribution in [0.15, 0.2) is 59.8 Å². The Kier molecular flexibility index (Phi) is 6.47. The number of aliphatic carboxylic acids is 1. The Morgan fingerprint density at radius 1 is 1.04 bits per heavy atom. The number of hydrogen-bond donors (Lipinski definition) is 1. The lowest BCUT2D eigenvalue weighted by Crippen LogP contribution is -2.00. The van der Waals surface area contributed by atoms with E-state index in [-0.39, 0.29) is 12.6 Å². The number of oxime groups is 1. The maximum Gasteiger partial charge on any atom is 0.337 e. The van der Waals surface area contributed by atoms with E-state index in [1.807, 2.05) is 0 Å². The molecule has 0 aromatic heterocycles. The lowest BCUT2D eigenvalue weighted by molar-refractivity contribution is -0.131. The number of ether oxygens (including phenoxy) is 1. The van der Waals surface area contributed by atoms with Crippen LogP contribution in [0, 0.1) is 0 Å². The first-order chi connectivity index (χ1) is 12.1. The van der Waals surface area contributed by atoms with Gasteiger partial charge in [0.15, 0.2) is 0 Å². The van der Waals surface area contributed by atoms with Crippen molar-refractivity contribution >= 4 is 24.2 Å². The summed E-state index contributed by atoms with van der Waals surface area (Å²) in [6.45, 7) is 0.275. The average Bonchev–Trinajstić information content (AvgIpc) is 2.64. The molecular weight excluding hydrogens is 322 g/mol. The van der Waals surface area contributed by atoms with E-state index >= 15 is 0 Å². The quantitative estimate of drug-likeness (QED) is 0.362. The second kappa shape index (κ2) is 9.02. The molecule has 0 radical (unpaired) electrons. The standard InChI is InChI=1S/C19H17NO5/c1-24-19(23)17-9-6-16(7-10-17)13-25-20-12-15-4-2-14(3-5-15)8-11-18(21)22/h2-12H,13H2,1H3,(H,21,22)/b11-8+,20-12?. The smallest absolute Gasteiger partial charge is 0.337 e. The molecule has 2 rings (SSSR count). The van der Waals surface area contributed by atoms with E-state index in [0.29, 0.717) is 5.56 Å². The van der Waals surface area contributed by atoms with Crippen LogP contribution in [0.5, 0.6) is 0 Å². The Morgan fingerprint density at radius 3 is 2.28 bits per heavy atom. The summed E-state index contributed by atoms with van der Waals surface area (Å²) in [5, 5.41) is 12.5. The third kappa shape index (κ3) is 5.95. The van der Waals surface area contributed by atoms with Gasteiger partial charge in [0.2, 0.25) is 0 Å². The number of nitrogens with zero attached hydrogens (tertiary/aromatic N) is 1. The molecule has 25 heavy (non-hydrogen) atoms. The van der Waals surface area contributed by atoms with Gasteiger partial charge in [-0.05, 0) is 34.9 Å². The van der Waals surface area contributed by atoms with E-state index in [0.717, 1.165) is 22.8 Å². The fraction of sp³-hybridized carbons (Fsp3) is 0.105. The van der Waals surface area contributed by atoms with E-state index in [4.69, 9.17) is 9.94 Å². The van der Waals surface area contributed by atoms with Gasteiger partial charge in [-0.15, -0.1) is 0 Å². The molecule has 1 N–H and O–H groups in total. The highest BCUT2D eigenvalue weighted by atomic mass is 16.6. The third-order valence-electron chi connectivity index (χ3n) is 3.24. The SMILES string of the molecule is COC(=O)c1ccc(CON=Cc2ccc(/C=C/C(=O)O)cc2)cc1. The van der Waals surface area contributed by atoms with Crippen LogP contribution in [-0.4, -0.2) is 30.4 Å². The van der Waals surface area contributed by atoms with Crippen LogP contribution in [0.25, 0.3) is 6.08 Å². The van der Waals surface area contributed by atoms with Gasteiger partial charge in [-0.25, -0.2) is 9.59 Å². The molecule has 2 aromatic rings. The van der Waals surface area contributed by atoms with Gasteiger partial charge >= 0.3 is 11.9 Å². The minimum atomic E-state index is -0.987. The van der Waals surface area contributed by atoms with Crippen molar-refractivity contribution in [3.63, 3.8) is 0 Å². The summed E-state index contributed by atoms with van der Waals surface area (Å²) in [6.07, 6.45) is 4.16. The molecule has 128 valence electrons. The van der Waals surface area contributed by atoms with Gasteiger partial charge in [0.1, 0.15) is 6.61 Å². The Balaban J connectivity index is 1.84. The van der Waals surface area contributed by atoms with Crippen molar-refractivity contribution in [2.24, 2.45) is 5.16 Å². The fourth-order valence-electron chi connectivity index (χ4n) is 1.93. The molecular formula is C19H17NO5. The van der Waals surface area contributed by atoms with Crippen LogP contribution in [0.3, 0.4) is 0 Å². The summed E-state index contributed by atoms with van der Waals surface area (Å²) >= 11 is 0. The van der Waals surface area contributed by atoms with Gasteiger partial charge in [0, 0.05) is 6.08 Å². The van der Waals surface area contributed by atoms with Crippen LogP contribution < -0.4 is 0 Å². The second-order valence-corrected chi connectivity index (χ2v) is 5.03. The van der Waals surface area contributed by atoms with Gasteiger partial charge in [0.05, 0.1) is 18.9 Å². The highest BCUT2D eigenvalue weighted by Gasteiger charge is 2.04. The number of esters is 1. The molecule has 0 atom stereocenters. The summed E-state index contributed by atoms with van der Waals surface area (Å²) < 4.78 is 4.63. The van der Waals surface area contributed by atoms with Crippen molar-refractivity contribution in [3.8, 4) is 0 Å². The molecule has 0 saturated carbocycles. The van der Waals surface area contributed by atoms with Gasteiger partial charge in [-0.3, -0.25) is 0 Å². The number of carboxylic acid groups (broad SMARTS) is 1. The predicted molar refractivity (Wildman–Crippen MR) is 93.3 cm³/mol. The molecule has 0 amide bonds. The molecule has 0 bridgehead atoms. The van der Waals surface area contributed by atoms with E-state index in [1.54, 1.807) is 54.7 Å². The highest BCUT2D eigenvalue weighted by molar-refractivity contribution is 5.89. The predicted octanol–water partition coefficient (Wildman–Crippen LogP) is 3.12. The number of hydrogen-bond acceptors (Lipinski definition) is 5. The monoisotopic (exact) mass is 339 g/mol. The van der Waals surface area contributed by atoms with E-state index < -0.39 is 5.97 Å². The average molecular weight is 339 g/mol. The minimum absolute atomic E-state index is 0.275. The summed E-state index contributed by atoms with van der Waals surface area (Å²) in [4.78, 5) is 27.0. The Hall–Kier alpha value is -3.41. The Morgan fingerprint density at radius 2 is 1.68 bits per heavy atom. The lowest BCUT2D eigenvalue weighted by Gasteiger charge is -2.02. The third-order valence-corrected chi connectivity index (χ3v) is 3.24. The molecule has 2 aromatic carbocycles. The number of methoxy groups -OCH3 is 1. The zero-order chi connectivity index (χ0) is 18.1. The normalized spacial score (nSPS) is 10.9. The molecule has 0 spiro atoms. The molecule has 0 heterocycles. The van der Waals surface area contributed by atoms with Gasteiger partial charge in [-0.2, -0.15) is 0 Å². The largest absolute Gasteiger partial charge is 0.478 e. The fourth-order valence-corrected chi connectivity index (χ4v) is 1.93. The molecule has 6 heteroatoms. The van der Waals surface area contributed by atoms with Crippen LogP contribution in [-0.2, 0) is 21.0 Å². The van der Waals surface area contributed by atoms with Gasteiger partial charge in [-0.1, -0.05) is 41.6 Å². The number of carbonyl (C=O) groups excluding carboxylic acids is 1. The molecule has 0 saturated heterocycles. The molecule has 6 nitrogen and oxygen atoms in total. The Bertz CT molecular complexity index is 776. The van der Waals surface area contributed by atoms with Crippen molar-refractivity contribution in [1.82, 2.24) is 0 Å². The zero-order valence-corrected chi connectivity index (χ0v) is 13.6. The first-order valence-corrected chi connectivity index (χ1v) is 7.42. The van der Waals surface area contributed by atoms with E-state index in [9.17, 15) is 9.59 Å². The highest BCUT2D eigenvalue weighted by Crippen LogP contribution is 2.08. The van der Waals surface area contributed by atoms with Crippen molar-refractivity contribution in [1.29, 1.82) is 0 Å². The number of carboxylic acids is 1. The molecule has 0 unspecified atom stereocenters. The molecule has 0 aliphatic heterocycles. The van der Waals surface area contributed by atoms with Gasteiger partial charge < -0.3 is 14.7 Å². The number of benzene rings is 2. The summed E-state index contributed by atoms with van der Waals surface area (Å²) in [6, 6.07) is 14.0. The Labute approximate surface area is 145 Å². The molecule has 0 aliphatic rings. The molecule has 0 fully saturated rings. The lowest BCUT2D eigenvalue weighted by atomic mass is 10.1. The van der Waals surface area contributed by atoms with Crippen molar-refractivity contribution in [2.45, 2.75) is 6.61 Å². The zero-order valence-electron chi connectivity index (χ0n) is 13.6. The topological polar surface area (TPSA) is 85.2 Å². The van der Waals surface area contributed by atoms with Crippen molar-refractivity contribution in [2.75, 3.05) is 7.11 Å². The van der Waals surface area contributed by atoms with Crippen LogP contribution >= 0.6 is 0 Å². The van der Waals surface area contributed by atoms with E-state index in [2.05, 4.69) is 9.89 Å².